The molecule has 0 N–H and O–H groups in total. The van der Waals surface area contributed by atoms with Crippen LogP contribution >= 0.6 is 11.6 Å². The Morgan fingerprint density at radius 3 is 1.89 bits per heavy atom. The number of hydrogen-bond donors (Lipinski definition) is 0. The number of unbranched alkanes of at least 4 members (excludes halogenated alkanes) is 1. The Morgan fingerprint density at radius 1 is 1.56 bits per heavy atom. The Morgan fingerprint density at radius 2 is 1.89 bits per heavy atom. The van der Waals surface area contributed by atoms with Crippen molar-refractivity contribution in [1.82, 2.24) is 0 Å². The van der Waals surface area contributed by atoms with Crippen LogP contribution < -0.4 is 0 Å². The highest BCUT2D eigenvalue weighted by Gasteiger charge is 1.74. The van der Waals surface area contributed by atoms with E-state index in [2.05, 4.69) is 6.92 Å². The monoisotopic (exact) mass is 178 g/mol. The largest absolute Gasteiger partial charge is 0.240 e. The third kappa shape index (κ3) is 45.0. The van der Waals surface area contributed by atoms with Crippen molar-refractivity contribution >= 4 is 44.2 Å². The SMILES string of the molecule is CCC[CH2][AlH2].C[CH]([AlH2])Cl. The Balaban J connectivity index is 0. The third-order valence-electron chi connectivity index (χ3n) is 0.707. The van der Waals surface area contributed by atoms with E-state index in [-0.39, 0.29) is 0 Å². The molecular formula is C6H17Al2Cl. The summed E-state index contributed by atoms with van der Waals surface area (Å²) in [6.07, 6.45) is 2.83. The molecule has 3 heteroatoms. The van der Waals surface area contributed by atoms with E-state index in [1.54, 1.807) is 0 Å². The lowest BCUT2D eigenvalue weighted by Crippen LogP contribution is -1.81. The molecule has 54 valence electrons. The first kappa shape index (κ1) is 13.0. The normalized spacial score (nSPS) is 11.4. The van der Waals surface area contributed by atoms with Gasteiger partial charge < -0.3 is 0 Å². The first-order chi connectivity index (χ1) is 4.15. The number of halogens is 1. The van der Waals surface area contributed by atoms with E-state index in [1.165, 1.54) is 34.4 Å². The molecule has 0 aromatic heterocycles. The topological polar surface area (TPSA) is 0 Å². The smallest absolute Gasteiger partial charge is 0.141 e. The van der Waals surface area contributed by atoms with E-state index in [0.717, 1.165) is 16.3 Å². The lowest BCUT2D eigenvalue weighted by atomic mass is 10.4. The van der Waals surface area contributed by atoms with Gasteiger partial charge in [-0.3, -0.25) is 0 Å². The van der Waals surface area contributed by atoms with E-state index in [4.69, 9.17) is 11.6 Å². The van der Waals surface area contributed by atoms with Crippen LogP contribution in [0, 0.1) is 0 Å². The van der Waals surface area contributed by atoms with E-state index >= 15 is 0 Å². The van der Waals surface area contributed by atoms with Gasteiger partial charge in [0.2, 0.25) is 32.6 Å². The maximum absolute atomic E-state index is 5.34. The molecule has 0 radical (unpaired) electrons. The molecule has 0 aromatic rings. The van der Waals surface area contributed by atoms with Gasteiger partial charge in [0.1, 0.15) is 0 Å². The van der Waals surface area contributed by atoms with Gasteiger partial charge in [-0.05, 0) is 4.24 Å². The van der Waals surface area contributed by atoms with Crippen LogP contribution in [0.15, 0.2) is 0 Å². The summed E-state index contributed by atoms with van der Waals surface area (Å²) in [5, 5.41) is 1.48. The summed E-state index contributed by atoms with van der Waals surface area (Å²) < 4.78 is 0.444. The number of rotatable bonds is 2. The van der Waals surface area contributed by atoms with Crippen molar-refractivity contribution in [1.29, 1.82) is 0 Å². The van der Waals surface area contributed by atoms with Crippen LogP contribution in [0.1, 0.15) is 26.7 Å². The molecule has 0 heterocycles. The first-order valence-corrected chi connectivity index (χ1v) is 6.79. The molecule has 0 aromatic carbocycles. The summed E-state index contributed by atoms with van der Waals surface area (Å²) in [6, 6.07) is 0. The van der Waals surface area contributed by atoms with Gasteiger partial charge in [0.25, 0.3) is 0 Å². The quantitative estimate of drug-likeness (QED) is 0.438. The zero-order valence-corrected chi connectivity index (χ0v) is 11.8. The average Bonchev–Trinajstić information content (AvgIpc) is 1.66. The van der Waals surface area contributed by atoms with Gasteiger partial charge in [-0.2, -0.15) is 0 Å². The molecule has 0 amide bonds. The van der Waals surface area contributed by atoms with Crippen molar-refractivity contribution in [3.8, 4) is 0 Å². The van der Waals surface area contributed by atoms with Crippen LogP contribution in [0.25, 0.3) is 0 Å². The van der Waals surface area contributed by atoms with Gasteiger partial charge in [-0.1, -0.05) is 26.7 Å². The summed E-state index contributed by atoms with van der Waals surface area (Å²) in [5.41, 5.74) is 0. The van der Waals surface area contributed by atoms with Crippen LogP contribution in [0.4, 0.5) is 0 Å². The lowest BCUT2D eigenvalue weighted by Gasteiger charge is -1.78. The van der Waals surface area contributed by atoms with E-state index < -0.39 is 0 Å². The zero-order valence-electron chi connectivity index (χ0n) is 7.08. The van der Waals surface area contributed by atoms with Crippen molar-refractivity contribution in [2.45, 2.75) is 36.2 Å². The van der Waals surface area contributed by atoms with E-state index in [9.17, 15) is 0 Å². The summed E-state index contributed by atoms with van der Waals surface area (Å²) >= 11 is 7.85. The Kier molecular flexibility index (Phi) is 17.4. The molecule has 0 bridgehead atoms. The molecule has 0 aliphatic heterocycles. The minimum Gasteiger partial charge on any atom is -0.141 e. The summed E-state index contributed by atoms with van der Waals surface area (Å²) in [7, 11) is 0. The molecule has 1 atom stereocenters. The molecule has 0 nitrogen and oxygen atoms in total. The average molecular weight is 179 g/mol. The molecule has 0 saturated heterocycles. The van der Waals surface area contributed by atoms with Gasteiger partial charge >= 0.3 is 0 Å². The summed E-state index contributed by atoms with van der Waals surface area (Å²) in [4.78, 5) is 0. The minimum atomic E-state index is 0.444. The lowest BCUT2D eigenvalue weighted by molar-refractivity contribution is 0.884. The highest BCUT2D eigenvalue weighted by atomic mass is 35.5. The van der Waals surface area contributed by atoms with Crippen molar-refractivity contribution in [2.24, 2.45) is 0 Å². The standard InChI is InChI=1S/C4H9.C2H4Cl.2Al.4H/c1-3-4-2;1-2-3;;;;;;/h1,3-4H2,2H3;2H,1H3;;;;;;. The fourth-order valence-corrected chi connectivity index (χ4v) is 1.06. The van der Waals surface area contributed by atoms with Crippen molar-refractivity contribution < 1.29 is 0 Å². The molecule has 9 heavy (non-hydrogen) atoms. The molecule has 1 unspecified atom stereocenters. The fraction of sp³-hybridized carbons (Fsp3) is 1.00. The van der Waals surface area contributed by atoms with Crippen molar-refractivity contribution in [3.05, 3.63) is 0 Å². The first-order valence-electron chi connectivity index (χ1n) is 3.79. The van der Waals surface area contributed by atoms with Crippen LogP contribution in [-0.4, -0.2) is 36.8 Å². The second kappa shape index (κ2) is 12.1. The predicted molar refractivity (Wildman–Crippen MR) is 52.1 cm³/mol. The molecule has 0 spiro atoms. The second-order valence-electron chi connectivity index (χ2n) is 2.37. The zero-order chi connectivity index (χ0) is 7.70. The molecule has 0 saturated carbocycles. The van der Waals surface area contributed by atoms with E-state index in [0.29, 0.717) is 4.24 Å². The summed E-state index contributed by atoms with van der Waals surface area (Å²) in [5.74, 6) is 0. The maximum Gasteiger partial charge on any atom is 0.240 e. The second-order valence-corrected chi connectivity index (χ2v) is 6.70. The molecule has 0 fully saturated rings. The van der Waals surface area contributed by atoms with Gasteiger partial charge in [0.15, 0.2) is 0 Å². The molecular weight excluding hydrogens is 161 g/mol. The highest BCUT2D eigenvalue weighted by Crippen LogP contribution is 1.86. The Bertz CT molecular complexity index is 35.3. The molecule has 0 aliphatic carbocycles. The Labute approximate surface area is 80.2 Å². The third-order valence-corrected chi connectivity index (χ3v) is 1.41. The minimum absolute atomic E-state index is 0.444. The number of hydrogen-bond acceptors (Lipinski definition) is 0. The predicted octanol–water partition coefficient (Wildman–Crippen LogP) is 1.04. The van der Waals surface area contributed by atoms with Crippen molar-refractivity contribution in [2.75, 3.05) is 0 Å². The van der Waals surface area contributed by atoms with Crippen LogP contribution in [0.3, 0.4) is 0 Å². The maximum atomic E-state index is 5.34. The van der Waals surface area contributed by atoms with Gasteiger partial charge in [-0.25, -0.2) is 0 Å². The molecule has 0 rings (SSSR count). The summed E-state index contributed by atoms with van der Waals surface area (Å²) in [6.45, 7) is 4.23. The van der Waals surface area contributed by atoms with Gasteiger partial charge in [-0.15, -0.1) is 16.9 Å². The van der Waals surface area contributed by atoms with Crippen LogP contribution in [-0.2, 0) is 0 Å². The van der Waals surface area contributed by atoms with Crippen LogP contribution in [0.5, 0.6) is 0 Å². The van der Waals surface area contributed by atoms with E-state index in [1.807, 2.05) is 6.92 Å². The Hall–Kier alpha value is 1.35. The molecule has 0 aliphatic rings. The van der Waals surface area contributed by atoms with Crippen molar-refractivity contribution in [3.63, 3.8) is 0 Å². The number of alkyl halides is 1. The van der Waals surface area contributed by atoms with Gasteiger partial charge in [0.05, 0.1) is 0 Å². The fourth-order valence-electron chi connectivity index (χ4n) is 0.354. The van der Waals surface area contributed by atoms with Crippen LogP contribution in [0.2, 0.25) is 5.28 Å². The van der Waals surface area contributed by atoms with Gasteiger partial charge in [0, 0.05) is 0 Å². The highest BCUT2D eigenvalue weighted by molar-refractivity contribution is 6.40.